The highest BCUT2D eigenvalue weighted by Crippen LogP contribution is 2.18. The van der Waals surface area contributed by atoms with Crippen LogP contribution < -0.4 is 10.8 Å². The number of nitrogens with zero attached hydrogens (tertiary/aromatic N) is 3. The van der Waals surface area contributed by atoms with Gasteiger partial charge in [0, 0.05) is 36.8 Å². The molecule has 1 saturated heterocycles. The van der Waals surface area contributed by atoms with Crippen LogP contribution in [-0.4, -0.2) is 45.1 Å². The SMILES string of the molecule is O=C(/C=C/c1cnc(N[C@@H]2CCN(Cc3ccc(Cl)cc3)C2)cn1)NO. The maximum Gasteiger partial charge on any atom is 0.267 e. The van der Waals surface area contributed by atoms with E-state index in [2.05, 4.69) is 32.3 Å². The molecule has 26 heavy (non-hydrogen) atoms. The average Bonchev–Trinajstić information content (AvgIpc) is 3.09. The van der Waals surface area contributed by atoms with Gasteiger partial charge in [-0.2, -0.15) is 0 Å². The molecule has 0 aliphatic carbocycles. The first kappa shape index (κ1) is 18.3. The minimum Gasteiger partial charge on any atom is -0.365 e. The molecule has 0 unspecified atom stereocenters. The summed E-state index contributed by atoms with van der Waals surface area (Å²) in [5.41, 5.74) is 3.31. The van der Waals surface area contributed by atoms with E-state index in [0.717, 1.165) is 31.1 Å². The standard InChI is InChI=1S/C18H20ClN5O2/c19-14-3-1-13(2-4-14)11-24-8-7-16(12-24)22-17-10-20-15(9-21-17)5-6-18(25)23-26/h1-6,9-10,16,26H,7-8,11-12H2,(H,21,22)(H,23,25)/b6-5+/t16-/m1/s1. The first-order valence-corrected chi connectivity index (χ1v) is 8.68. The van der Waals surface area contributed by atoms with E-state index < -0.39 is 5.91 Å². The van der Waals surface area contributed by atoms with Crippen molar-refractivity contribution in [1.29, 1.82) is 0 Å². The molecule has 136 valence electrons. The number of anilines is 1. The van der Waals surface area contributed by atoms with Crippen LogP contribution in [0.25, 0.3) is 6.08 Å². The highest BCUT2D eigenvalue weighted by molar-refractivity contribution is 6.30. The summed E-state index contributed by atoms with van der Waals surface area (Å²) in [5.74, 6) is 0.0906. The number of halogens is 1. The summed E-state index contributed by atoms with van der Waals surface area (Å²) in [5, 5.41) is 12.6. The summed E-state index contributed by atoms with van der Waals surface area (Å²) in [6.07, 6.45) is 6.91. The van der Waals surface area contributed by atoms with Crippen LogP contribution in [0.15, 0.2) is 42.7 Å². The van der Waals surface area contributed by atoms with E-state index in [9.17, 15) is 4.79 Å². The van der Waals surface area contributed by atoms with Gasteiger partial charge in [-0.1, -0.05) is 23.7 Å². The van der Waals surface area contributed by atoms with Crippen LogP contribution in [-0.2, 0) is 11.3 Å². The Labute approximate surface area is 156 Å². The molecule has 8 heteroatoms. The molecule has 2 heterocycles. The monoisotopic (exact) mass is 373 g/mol. The number of hydrogen-bond donors (Lipinski definition) is 3. The van der Waals surface area contributed by atoms with Crippen molar-refractivity contribution in [2.24, 2.45) is 0 Å². The Balaban J connectivity index is 1.49. The molecule has 1 atom stereocenters. The molecule has 3 rings (SSSR count). The highest BCUT2D eigenvalue weighted by Gasteiger charge is 2.22. The first-order chi connectivity index (χ1) is 12.6. The van der Waals surface area contributed by atoms with E-state index in [1.807, 2.05) is 12.1 Å². The van der Waals surface area contributed by atoms with E-state index in [4.69, 9.17) is 16.8 Å². The van der Waals surface area contributed by atoms with Crippen LogP contribution in [0.1, 0.15) is 17.7 Å². The highest BCUT2D eigenvalue weighted by atomic mass is 35.5. The number of hydroxylamine groups is 1. The average molecular weight is 374 g/mol. The van der Waals surface area contributed by atoms with E-state index in [1.54, 1.807) is 12.4 Å². The maximum absolute atomic E-state index is 10.9. The second-order valence-corrected chi connectivity index (χ2v) is 6.56. The Morgan fingerprint density at radius 3 is 2.81 bits per heavy atom. The van der Waals surface area contributed by atoms with Crippen LogP contribution >= 0.6 is 11.6 Å². The minimum atomic E-state index is -0.610. The fourth-order valence-corrected chi connectivity index (χ4v) is 2.97. The second-order valence-electron chi connectivity index (χ2n) is 6.13. The third kappa shape index (κ3) is 5.26. The van der Waals surface area contributed by atoms with Gasteiger partial charge in [0.15, 0.2) is 0 Å². The third-order valence-electron chi connectivity index (χ3n) is 4.13. The number of carbonyl (C=O) groups excluding carboxylic acids is 1. The predicted molar refractivity (Wildman–Crippen MR) is 99.8 cm³/mol. The lowest BCUT2D eigenvalue weighted by molar-refractivity contribution is -0.124. The Kier molecular flexibility index (Phi) is 6.17. The van der Waals surface area contributed by atoms with Gasteiger partial charge in [-0.05, 0) is 30.2 Å². The number of nitrogens with one attached hydrogen (secondary N) is 2. The minimum absolute atomic E-state index is 0.318. The fraction of sp³-hybridized carbons (Fsp3) is 0.278. The fourth-order valence-electron chi connectivity index (χ4n) is 2.85. The van der Waals surface area contributed by atoms with Crippen molar-refractivity contribution in [2.75, 3.05) is 18.4 Å². The Bertz CT molecular complexity index is 764. The molecule has 2 aromatic rings. The number of aromatic nitrogens is 2. The van der Waals surface area contributed by atoms with Gasteiger partial charge in [-0.25, -0.2) is 10.5 Å². The summed E-state index contributed by atoms with van der Waals surface area (Å²) >= 11 is 5.92. The van der Waals surface area contributed by atoms with E-state index >= 15 is 0 Å². The predicted octanol–water partition coefficient (Wildman–Crippen LogP) is 2.33. The molecular formula is C18H20ClN5O2. The second kappa shape index (κ2) is 8.75. The summed E-state index contributed by atoms with van der Waals surface area (Å²) in [4.78, 5) is 21.9. The largest absolute Gasteiger partial charge is 0.365 e. The maximum atomic E-state index is 10.9. The summed E-state index contributed by atoms with van der Waals surface area (Å²) in [7, 11) is 0. The lowest BCUT2D eigenvalue weighted by Crippen LogP contribution is -2.26. The smallest absolute Gasteiger partial charge is 0.267 e. The Morgan fingerprint density at radius 1 is 1.31 bits per heavy atom. The molecule has 3 N–H and O–H groups in total. The van der Waals surface area contributed by atoms with Crippen molar-refractivity contribution in [3.63, 3.8) is 0 Å². The van der Waals surface area contributed by atoms with Crippen molar-refractivity contribution in [1.82, 2.24) is 20.3 Å². The molecule has 0 spiro atoms. The molecule has 1 aromatic heterocycles. The van der Waals surface area contributed by atoms with Gasteiger partial charge < -0.3 is 5.32 Å². The van der Waals surface area contributed by atoms with E-state index in [0.29, 0.717) is 17.6 Å². The molecule has 1 amide bonds. The molecule has 1 aliphatic rings. The van der Waals surface area contributed by atoms with Crippen molar-refractivity contribution in [2.45, 2.75) is 19.0 Å². The first-order valence-electron chi connectivity index (χ1n) is 8.30. The lowest BCUT2D eigenvalue weighted by Gasteiger charge is -2.17. The van der Waals surface area contributed by atoms with Crippen LogP contribution in [0, 0.1) is 0 Å². The van der Waals surface area contributed by atoms with E-state index in [1.165, 1.54) is 23.2 Å². The van der Waals surface area contributed by atoms with Gasteiger partial charge in [-0.3, -0.25) is 19.9 Å². The van der Waals surface area contributed by atoms with Gasteiger partial charge in [0.2, 0.25) is 0 Å². The normalized spacial score (nSPS) is 17.5. The zero-order valence-corrected chi connectivity index (χ0v) is 14.9. The summed E-state index contributed by atoms with van der Waals surface area (Å²) in [6, 6.07) is 8.25. The number of hydrogen-bond acceptors (Lipinski definition) is 6. The van der Waals surface area contributed by atoms with Crippen LogP contribution in [0.3, 0.4) is 0 Å². The van der Waals surface area contributed by atoms with Crippen LogP contribution in [0.4, 0.5) is 5.82 Å². The van der Waals surface area contributed by atoms with Crippen molar-refractivity contribution in [3.8, 4) is 0 Å². The number of rotatable bonds is 6. The zero-order valence-electron chi connectivity index (χ0n) is 14.1. The van der Waals surface area contributed by atoms with Crippen LogP contribution in [0.5, 0.6) is 0 Å². The van der Waals surface area contributed by atoms with Crippen molar-refractivity contribution < 1.29 is 10.0 Å². The zero-order chi connectivity index (χ0) is 18.4. The van der Waals surface area contributed by atoms with E-state index in [-0.39, 0.29) is 0 Å². The quantitative estimate of drug-likeness (QED) is 0.409. The molecule has 1 aromatic carbocycles. The summed E-state index contributed by atoms with van der Waals surface area (Å²) < 4.78 is 0. The lowest BCUT2D eigenvalue weighted by atomic mass is 10.2. The van der Waals surface area contributed by atoms with Crippen LogP contribution in [0.2, 0.25) is 5.02 Å². The van der Waals surface area contributed by atoms with Crippen molar-refractivity contribution in [3.05, 3.63) is 59.0 Å². The molecule has 1 aliphatic heterocycles. The van der Waals surface area contributed by atoms with Gasteiger partial charge in [0.05, 0.1) is 18.1 Å². The topological polar surface area (TPSA) is 90.4 Å². The molecule has 0 saturated carbocycles. The number of benzene rings is 1. The molecule has 7 nitrogen and oxygen atoms in total. The summed E-state index contributed by atoms with van der Waals surface area (Å²) in [6.45, 7) is 2.85. The van der Waals surface area contributed by atoms with Crippen molar-refractivity contribution >= 4 is 29.4 Å². The Hall–Kier alpha value is -2.48. The Morgan fingerprint density at radius 2 is 2.12 bits per heavy atom. The third-order valence-corrected chi connectivity index (χ3v) is 4.38. The molecule has 0 bridgehead atoms. The van der Waals surface area contributed by atoms with Gasteiger partial charge in [0.25, 0.3) is 5.91 Å². The molecule has 1 fully saturated rings. The van der Waals surface area contributed by atoms with Gasteiger partial charge >= 0.3 is 0 Å². The van der Waals surface area contributed by atoms with Gasteiger partial charge in [0.1, 0.15) is 5.82 Å². The molecular weight excluding hydrogens is 354 g/mol. The number of likely N-dealkylation sites (tertiary alicyclic amines) is 1. The number of amides is 1. The van der Waals surface area contributed by atoms with Gasteiger partial charge in [-0.15, -0.1) is 0 Å². The number of carbonyl (C=O) groups is 1. The molecule has 0 radical (unpaired) electrons.